The first-order valence-corrected chi connectivity index (χ1v) is 12.0. The van der Waals surface area contributed by atoms with E-state index in [4.69, 9.17) is 0 Å². The Balaban J connectivity index is 1.21. The summed E-state index contributed by atoms with van der Waals surface area (Å²) in [7, 11) is 0. The molecular weight excluding hydrogens is 388 g/mol. The molecule has 0 radical (unpaired) electrons. The highest BCUT2D eigenvalue weighted by molar-refractivity contribution is 8.02. The molecule has 2 fully saturated rings. The molecule has 4 rings (SSSR count). The fourth-order valence-electron chi connectivity index (χ4n) is 4.26. The molecule has 0 N–H and O–H groups in total. The molecule has 0 saturated carbocycles. The lowest BCUT2D eigenvalue weighted by atomic mass is 10.1. The first-order valence-electron chi connectivity index (χ1n) is 10.2. The number of thioether (sulfide) groups is 1. The van der Waals surface area contributed by atoms with Crippen molar-refractivity contribution in [1.82, 2.24) is 14.8 Å². The van der Waals surface area contributed by atoms with E-state index in [0.717, 1.165) is 56.9 Å². The van der Waals surface area contributed by atoms with E-state index in [1.807, 2.05) is 26.1 Å². The minimum Gasteiger partial charge on any atom is -0.368 e. The molecular formula is C21H30N4OS2. The van der Waals surface area contributed by atoms with E-state index >= 15 is 0 Å². The summed E-state index contributed by atoms with van der Waals surface area (Å²) in [6.45, 7) is 12.6. The lowest BCUT2D eigenvalue weighted by molar-refractivity contribution is -0.131. The highest BCUT2D eigenvalue weighted by atomic mass is 32.2. The highest BCUT2D eigenvalue weighted by Gasteiger charge is 2.43. The van der Waals surface area contributed by atoms with Crippen molar-refractivity contribution in [2.24, 2.45) is 0 Å². The number of hydrogen-bond donors (Lipinski definition) is 0. The van der Waals surface area contributed by atoms with E-state index in [1.54, 1.807) is 23.1 Å². The Morgan fingerprint density at radius 3 is 2.64 bits per heavy atom. The van der Waals surface area contributed by atoms with Crippen molar-refractivity contribution in [2.45, 2.75) is 43.7 Å². The van der Waals surface area contributed by atoms with E-state index in [9.17, 15) is 4.79 Å². The zero-order chi connectivity index (χ0) is 19.7. The largest absolute Gasteiger partial charge is 0.368 e. The van der Waals surface area contributed by atoms with Crippen molar-refractivity contribution < 1.29 is 4.79 Å². The van der Waals surface area contributed by atoms with Gasteiger partial charge in [-0.1, -0.05) is 0 Å². The van der Waals surface area contributed by atoms with Gasteiger partial charge in [0.05, 0.1) is 15.8 Å². The summed E-state index contributed by atoms with van der Waals surface area (Å²) in [6.07, 6.45) is 4.12. The molecule has 152 valence electrons. The van der Waals surface area contributed by atoms with Crippen LogP contribution in [0, 0.1) is 0 Å². The minimum absolute atomic E-state index is 0.253. The van der Waals surface area contributed by atoms with E-state index < -0.39 is 0 Å². The van der Waals surface area contributed by atoms with Crippen LogP contribution in [0.2, 0.25) is 0 Å². The van der Waals surface area contributed by atoms with Crippen molar-refractivity contribution in [1.29, 1.82) is 0 Å². The maximum atomic E-state index is 12.5. The average Bonchev–Trinajstić information content (AvgIpc) is 3.19. The van der Waals surface area contributed by atoms with Crippen LogP contribution < -0.4 is 4.90 Å². The summed E-state index contributed by atoms with van der Waals surface area (Å²) in [5, 5.41) is 3.84. The summed E-state index contributed by atoms with van der Waals surface area (Å²) in [4.78, 5) is 25.2. The van der Waals surface area contributed by atoms with Crippen LogP contribution in [0.5, 0.6) is 0 Å². The maximum absolute atomic E-state index is 12.5. The van der Waals surface area contributed by atoms with Crippen molar-refractivity contribution >= 4 is 44.9 Å². The SMILES string of the molecule is CC1SC(C)(C)C(=O)N1CCCCN1CCN(c2csc3ncccc23)CC1. The summed E-state index contributed by atoms with van der Waals surface area (Å²) < 4.78 is -0.253. The second-order valence-corrected chi connectivity index (χ2v) is 11.0. The van der Waals surface area contributed by atoms with Crippen LogP contribution in [0.25, 0.3) is 10.2 Å². The number of rotatable bonds is 6. The lowest BCUT2D eigenvalue weighted by Crippen LogP contribution is -2.46. The van der Waals surface area contributed by atoms with Gasteiger partial charge in [0, 0.05) is 49.7 Å². The number of carbonyl (C=O) groups is 1. The molecule has 0 spiro atoms. The number of anilines is 1. The molecule has 1 unspecified atom stereocenters. The molecule has 7 heteroatoms. The Labute approximate surface area is 176 Å². The quantitative estimate of drug-likeness (QED) is 0.666. The molecule has 0 bridgehead atoms. The van der Waals surface area contributed by atoms with E-state index in [1.165, 1.54) is 11.1 Å². The molecule has 5 nitrogen and oxygen atoms in total. The number of piperazine rings is 1. The molecule has 1 atom stereocenters. The second-order valence-electron chi connectivity index (χ2n) is 8.24. The molecule has 0 aliphatic carbocycles. The third-order valence-corrected chi connectivity index (χ3v) is 8.09. The van der Waals surface area contributed by atoms with Crippen molar-refractivity contribution in [3.8, 4) is 0 Å². The van der Waals surface area contributed by atoms with Crippen molar-refractivity contribution in [3.63, 3.8) is 0 Å². The smallest absolute Gasteiger partial charge is 0.239 e. The monoisotopic (exact) mass is 418 g/mol. The Hall–Kier alpha value is -1.31. The number of hydrogen-bond acceptors (Lipinski definition) is 6. The first-order chi connectivity index (χ1) is 13.5. The summed E-state index contributed by atoms with van der Waals surface area (Å²) in [6, 6.07) is 4.21. The molecule has 0 aromatic carbocycles. The Kier molecular flexibility index (Phi) is 5.86. The molecule has 2 aliphatic heterocycles. The number of amides is 1. The van der Waals surface area contributed by atoms with Gasteiger partial charge in [-0.15, -0.1) is 23.1 Å². The third-order valence-electron chi connectivity index (χ3n) is 5.85. The number of nitrogens with zero attached hydrogens (tertiary/aromatic N) is 4. The average molecular weight is 419 g/mol. The van der Waals surface area contributed by atoms with Crippen LogP contribution >= 0.6 is 23.1 Å². The zero-order valence-corrected chi connectivity index (χ0v) is 18.7. The van der Waals surface area contributed by atoms with Gasteiger partial charge < -0.3 is 9.80 Å². The summed E-state index contributed by atoms with van der Waals surface area (Å²) >= 11 is 3.52. The fourth-order valence-corrected chi connectivity index (χ4v) is 6.58. The Morgan fingerprint density at radius 2 is 1.93 bits per heavy atom. The number of fused-ring (bicyclic) bond motifs is 1. The minimum atomic E-state index is -0.253. The molecule has 2 saturated heterocycles. The standard InChI is InChI=1S/C21H30N4OS2/c1-16-25(20(26)21(2,3)28-16)10-5-4-9-23-11-13-24(14-12-23)18-15-27-19-17(18)7-6-8-22-19/h6-8,15-16H,4-5,9-14H2,1-3H3. The van der Waals surface area contributed by atoms with Crippen LogP contribution in [-0.2, 0) is 4.79 Å². The van der Waals surface area contributed by atoms with Crippen LogP contribution in [0.15, 0.2) is 23.7 Å². The number of thiophene rings is 1. The summed E-state index contributed by atoms with van der Waals surface area (Å²) in [5.41, 5.74) is 1.34. The van der Waals surface area contributed by atoms with Gasteiger partial charge >= 0.3 is 0 Å². The molecule has 1 amide bonds. The van der Waals surface area contributed by atoms with E-state index in [-0.39, 0.29) is 4.75 Å². The molecule has 2 aromatic rings. The summed E-state index contributed by atoms with van der Waals surface area (Å²) in [5.74, 6) is 0.302. The van der Waals surface area contributed by atoms with Crippen LogP contribution in [-0.4, -0.2) is 70.1 Å². The molecule has 2 aromatic heterocycles. The van der Waals surface area contributed by atoms with Gasteiger partial charge in [0.25, 0.3) is 0 Å². The number of unbranched alkanes of at least 4 members (excludes halogenated alkanes) is 1. The van der Waals surface area contributed by atoms with Gasteiger partial charge in [0.15, 0.2) is 0 Å². The third kappa shape index (κ3) is 4.02. The van der Waals surface area contributed by atoms with Crippen LogP contribution in [0.3, 0.4) is 0 Å². The topological polar surface area (TPSA) is 39.7 Å². The van der Waals surface area contributed by atoms with Crippen molar-refractivity contribution in [2.75, 3.05) is 44.2 Å². The second kappa shape index (κ2) is 8.20. The van der Waals surface area contributed by atoms with Gasteiger partial charge in [-0.3, -0.25) is 9.69 Å². The fraction of sp³-hybridized carbons (Fsp3) is 0.619. The number of carbonyl (C=O) groups excluding carboxylic acids is 1. The molecule has 28 heavy (non-hydrogen) atoms. The highest BCUT2D eigenvalue weighted by Crippen LogP contribution is 2.40. The lowest BCUT2D eigenvalue weighted by Gasteiger charge is -2.36. The number of aromatic nitrogens is 1. The van der Waals surface area contributed by atoms with E-state index in [2.05, 4.69) is 38.1 Å². The van der Waals surface area contributed by atoms with Crippen LogP contribution in [0.1, 0.15) is 33.6 Å². The predicted octanol–water partition coefficient (Wildman–Crippen LogP) is 3.90. The van der Waals surface area contributed by atoms with E-state index in [0.29, 0.717) is 11.3 Å². The van der Waals surface area contributed by atoms with Gasteiger partial charge in [-0.25, -0.2) is 4.98 Å². The van der Waals surface area contributed by atoms with Gasteiger partial charge in [0.1, 0.15) is 4.83 Å². The Morgan fingerprint density at radius 1 is 1.18 bits per heavy atom. The Bertz CT molecular complexity index is 829. The molecule has 4 heterocycles. The maximum Gasteiger partial charge on any atom is 0.239 e. The van der Waals surface area contributed by atoms with Gasteiger partial charge in [-0.2, -0.15) is 0 Å². The van der Waals surface area contributed by atoms with Gasteiger partial charge in [-0.05, 0) is 52.3 Å². The normalized spacial score (nSPS) is 23.1. The first kappa shape index (κ1) is 20.0. The molecule has 2 aliphatic rings. The predicted molar refractivity (Wildman–Crippen MR) is 120 cm³/mol. The van der Waals surface area contributed by atoms with Crippen LogP contribution in [0.4, 0.5) is 5.69 Å². The number of pyridine rings is 1. The zero-order valence-electron chi connectivity index (χ0n) is 17.1. The van der Waals surface area contributed by atoms with Crippen molar-refractivity contribution in [3.05, 3.63) is 23.7 Å². The van der Waals surface area contributed by atoms with Gasteiger partial charge in [0.2, 0.25) is 5.91 Å².